The summed E-state index contributed by atoms with van der Waals surface area (Å²) in [5, 5.41) is 0. The summed E-state index contributed by atoms with van der Waals surface area (Å²) >= 11 is 0. The first-order valence-electron chi connectivity index (χ1n) is 7.75. The number of rotatable bonds is 5. The second-order valence-electron chi connectivity index (χ2n) is 6.05. The molecule has 0 amide bonds. The van der Waals surface area contributed by atoms with Crippen molar-refractivity contribution in [2.24, 2.45) is 11.7 Å². The van der Waals surface area contributed by atoms with E-state index in [1.165, 1.54) is 24.8 Å². The zero-order chi connectivity index (χ0) is 14.7. The van der Waals surface area contributed by atoms with Crippen LogP contribution >= 0.6 is 0 Å². The van der Waals surface area contributed by atoms with E-state index >= 15 is 0 Å². The second kappa shape index (κ2) is 6.41. The summed E-state index contributed by atoms with van der Waals surface area (Å²) < 4.78 is 2.02. The zero-order valence-electron chi connectivity index (χ0n) is 12.7. The van der Waals surface area contributed by atoms with E-state index in [1.54, 1.807) is 6.20 Å². The number of imidazole rings is 1. The van der Waals surface area contributed by atoms with Crippen LogP contribution in [0.2, 0.25) is 0 Å². The molecule has 0 bridgehead atoms. The quantitative estimate of drug-likeness (QED) is 0.917. The van der Waals surface area contributed by atoms with E-state index in [9.17, 15) is 0 Å². The fourth-order valence-corrected chi connectivity index (χ4v) is 3.46. The van der Waals surface area contributed by atoms with Crippen LogP contribution in [-0.2, 0) is 6.54 Å². The molecule has 21 heavy (non-hydrogen) atoms. The maximum absolute atomic E-state index is 5.89. The summed E-state index contributed by atoms with van der Waals surface area (Å²) in [6, 6.07) is 9.36. The van der Waals surface area contributed by atoms with Crippen LogP contribution in [0.1, 0.15) is 24.8 Å². The number of nitrogens with zero attached hydrogens (tertiary/aromatic N) is 3. The van der Waals surface area contributed by atoms with Gasteiger partial charge in [-0.15, -0.1) is 0 Å². The van der Waals surface area contributed by atoms with E-state index in [4.69, 9.17) is 5.73 Å². The molecule has 4 nitrogen and oxygen atoms in total. The highest BCUT2D eigenvalue weighted by Gasteiger charge is 2.29. The van der Waals surface area contributed by atoms with Gasteiger partial charge in [0.05, 0.1) is 6.33 Å². The van der Waals surface area contributed by atoms with Gasteiger partial charge in [0.15, 0.2) is 0 Å². The molecule has 2 N–H and O–H groups in total. The lowest BCUT2D eigenvalue weighted by atomic mass is 10.0. The van der Waals surface area contributed by atoms with E-state index in [0.29, 0.717) is 12.0 Å². The lowest BCUT2D eigenvalue weighted by molar-refractivity contribution is 0.193. The Kier molecular flexibility index (Phi) is 4.36. The van der Waals surface area contributed by atoms with Crippen LogP contribution in [0.5, 0.6) is 0 Å². The molecule has 1 fully saturated rings. The van der Waals surface area contributed by atoms with Crippen LogP contribution in [0, 0.1) is 5.92 Å². The fourth-order valence-electron chi connectivity index (χ4n) is 3.46. The third-order valence-corrected chi connectivity index (χ3v) is 4.66. The van der Waals surface area contributed by atoms with Gasteiger partial charge in [-0.25, -0.2) is 4.98 Å². The summed E-state index contributed by atoms with van der Waals surface area (Å²) in [6.07, 6.45) is 9.47. The number of hydrogen-bond donors (Lipinski definition) is 1. The van der Waals surface area contributed by atoms with Crippen LogP contribution in [0.15, 0.2) is 43.0 Å². The molecule has 1 aliphatic carbocycles. The van der Waals surface area contributed by atoms with Crippen molar-refractivity contribution in [3.05, 3.63) is 48.5 Å². The molecule has 1 saturated carbocycles. The van der Waals surface area contributed by atoms with Gasteiger partial charge in [-0.05, 0) is 50.0 Å². The van der Waals surface area contributed by atoms with Gasteiger partial charge >= 0.3 is 0 Å². The average molecular weight is 284 g/mol. The molecule has 0 saturated heterocycles. The van der Waals surface area contributed by atoms with E-state index < -0.39 is 0 Å². The Morgan fingerprint density at radius 2 is 2.10 bits per heavy atom. The second-order valence-corrected chi connectivity index (χ2v) is 6.05. The molecule has 2 atom stereocenters. The van der Waals surface area contributed by atoms with Gasteiger partial charge in [0, 0.05) is 30.7 Å². The Bertz CT molecular complexity index is 547. The van der Waals surface area contributed by atoms with Crippen LogP contribution in [0.25, 0.3) is 5.69 Å². The molecular formula is C17H24N4. The summed E-state index contributed by atoms with van der Waals surface area (Å²) in [7, 11) is 2.22. The van der Waals surface area contributed by atoms with E-state index in [1.807, 2.05) is 17.1 Å². The summed E-state index contributed by atoms with van der Waals surface area (Å²) in [5.74, 6) is 0.667. The van der Waals surface area contributed by atoms with Crippen molar-refractivity contribution in [2.75, 3.05) is 13.6 Å². The lowest BCUT2D eigenvalue weighted by Crippen LogP contribution is -2.37. The van der Waals surface area contributed by atoms with Gasteiger partial charge in [-0.1, -0.05) is 18.6 Å². The number of aromatic nitrogens is 2. The van der Waals surface area contributed by atoms with Crippen molar-refractivity contribution in [3.8, 4) is 5.69 Å². The monoisotopic (exact) mass is 284 g/mol. The Morgan fingerprint density at radius 1 is 1.29 bits per heavy atom. The van der Waals surface area contributed by atoms with Gasteiger partial charge in [0.1, 0.15) is 0 Å². The Morgan fingerprint density at radius 3 is 2.76 bits per heavy atom. The van der Waals surface area contributed by atoms with E-state index in [2.05, 4.69) is 41.2 Å². The Hall–Kier alpha value is -1.65. The molecule has 0 radical (unpaired) electrons. The third kappa shape index (κ3) is 3.17. The summed E-state index contributed by atoms with van der Waals surface area (Å²) in [6.45, 7) is 1.81. The first-order chi connectivity index (χ1) is 10.3. The van der Waals surface area contributed by atoms with Gasteiger partial charge in [0.25, 0.3) is 0 Å². The highest BCUT2D eigenvalue weighted by molar-refractivity contribution is 5.34. The third-order valence-electron chi connectivity index (χ3n) is 4.66. The molecular weight excluding hydrogens is 260 g/mol. The molecule has 112 valence electrons. The molecule has 1 aromatic heterocycles. The Labute approximate surface area is 126 Å². The highest BCUT2D eigenvalue weighted by atomic mass is 15.1. The zero-order valence-corrected chi connectivity index (χ0v) is 12.7. The largest absolute Gasteiger partial charge is 0.330 e. The minimum absolute atomic E-state index is 0.642. The van der Waals surface area contributed by atoms with Gasteiger partial charge in [-0.2, -0.15) is 0 Å². The highest BCUT2D eigenvalue weighted by Crippen LogP contribution is 2.29. The lowest BCUT2D eigenvalue weighted by Gasteiger charge is -2.29. The first-order valence-corrected chi connectivity index (χ1v) is 7.75. The van der Waals surface area contributed by atoms with Crippen molar-refractivity contribution in [2.45, 2.75) is 31.8 Å². The van der Waals surface area contributed by atoms with Gasteiger partial charge < -0.3 is 10.3 Å². The van der Waals surface area contributed by atoms with Crippen LogP contribution in [0.3, 0.4) is 0 Å². The molecule has 0 aliphatic heterocycles. The van der Waals surface area contributed by atoms with E-state index in [-0.39, 0.29) is 0 Å². The van der Waals surface area contributed by atoms with Crippen LogP contribution < -0.4 is 5.73 Å². The van der Waals surface area contributed by atoms with Crippen molar-refractivity contribution < 1.29 is 0 Å². The Balaban J connectivity index is 1.65. The minimum Gasteiger partial charge on any atom is -0.330 e. The molecule has 2 aromatic rings. The van der Waals surface area contributed by atoms with Gasteiger partial charge in [-0.3, -0.25) is 4.90 Å². The first kappa shape index (κ1) is 14.3. The smallest absolute Gasteiger partial charge is 0.0991 e. The predicted molar refractivity (Wildman–Crippen MR) is 85.2 cm³/mol. The topological polar surface area (TPSA) is 47.1 Å². The van der Waals surface area contributed by atoms with Crippen molar-refractivity contribution in [3.63, 3.8) is 0 Å². The molecule has 1 heterocycles. The maximum atomic E-state index is 5.89. The molecule has 2 unspecified atom stereocenters. The standard InChI is InChI=1S/C17H24N4/c1-20(17-4-2-3-15(17)11-18)12-14-5-7-16(8-6-14)21-10-9-19-13-21/h5-10,13,15,17H,2-4,11-12,18H2,1H3. The molecule has 4 heteroatoms. The normalized spacial score (nSPS) is 22.0. The minimum atomic E-state index is 0.642. The van der Waals surface area contributed by atoms with Crippen LogP contribution in [0.4, 0.5) is 0 Å². The molecule has 3 rings (SSSR count). The molecule has 1 aromatic carbocycles. The number of benzene rings is 1. The van der Waals surface area contributed by atoms with Crippen molar-refractivity contribution >= 4 is 0 Å². The summed E-state index contributed by atoms with van der Waals surface area (Å²) in [5.41, 5.74) is 8.40. The summed E-state index contributed by atoms with van der Waals surface area (Å²) in [4.78, 5) is 6.55. The van der Waals surface area contributed by atoms with E-state index in [0.717, 1.165) is 18.8 Å². The van der Waals surface area contributed by atoms with Gasteiger partial charge in [0.2, 0.25) is 0 Å². The number of nitrogens with two attached hydrogens (primary N) is 1. The molecule has 1 aliphatic rings. The average Bonchev–Trinajstić information content (AvgIpc) is 3.19. The number of hydrogen-bond acceptors (Lipinski definition) is 3. The fraction of sp³-hybridized carbons (Fsp3) is 0.471. The molecule has 0 spiro atoms. The van der Waals surface area contributed by atoms with Crippen molar-refractivity contribution in [1.29, 1.82) is 0 Å². The van der Waals surface area contributed by atoms with Crippen LogP contribution in [-0.4, -0.2) is 34.1 Å². The predicted octanol–water partition coefficient (Wildman–Crippen LogP) is 2.43. The van der Waals surface area contributed by atoms with Crippen molar-refractivity contribution in [1.82, 2.24) is 14.5 Å². The maximum Gasteiger partial charge on any atom is 0.0991 e. The SMILES string of the molecule is CN(Cc1ccc(-n2ccnc2)cc1)C1CCCC1CN.